The molecule has 0 unspecified atom stereocenters. The molecule has 0 spiro atoms. The van der Waals surface area contributed by atoms with Gasteiger partial charge in [0.25, 0.3) is 11.8 Å². The summed E-state index contributed by atoms with van der Waals surface area (Å²) in [5.41, 5.74) is 2.32. The number of amides is 2. The van der Waals surface area contributed by atoms with Gasteiger partial charge in [0, 0.05) is 21.8 Å². The maximum atomic E-state index is 12.7. The van der Waals surface area contributed by atoms with Crippen LogP contribution in [0.4, 0.5) is 5.69 Å². The fourth-order valence-electron chi connectivity index (χ4n) is 2.64. The highest BCUT2D eigenvalue weighted by Gasteiger charge is 2.19. The Bertz CT molecular complexity index is 1140. The van der Waals surface area contributed by atoms with Gasteiger partial charge in [-0.2, -0.15) is 0 Å². The van der Waals surface area contributed by atoms with Gasteiger partial charge in [0.05, 0.1) is 5.49 Å². The molecule has 0 fully saturated rings. The second kappa shape index (κ2) is 9.78. The number of furan rings is 1. The van der Waals surface area contributed by atoms with Crippen LogP contribution in [0.25, 0.3) is 17.4 Å². The molecule has 0 bridgehead atoms. The molecule has 2 aromatic carbocycles. The van der Waals surface area contributed by atoms with Crippen molar-refractivity contribution in [3.8, 4) is 11.3 Å². The van der Waals surface area contributed by atoms with Crippen LogP contribution in [0, 0.1) is 0 Å². The predicted octanol–water partition coefficient (Wildman–Crippen LogP) is 4.51. The van der Waals surface area contributed by atoms with E-state index in [1.807, 2.05) is 0 Å². The number of benzene rings is 2. The lowest BCUT2D eigenvalue weighted by Gasteiger charge is -2.08. The van der Waals surface area contributed by atoms with E-state index in [4.69, 9.17) is 16.0 Å². The zero-order valence-corrected chi connectivity index (χ0v) is 17.0. The number of hydrogen-bond donors (Lipinski definition) is 2. The Kier molecular flexibility index (Phi) is 6.90. The van der Waals surface area contributed by atoms with E-state index in [2.05, 4.69) is 22.9 Å². The molecule has 3 rings (SSSR count). The number of nitrogens with one attached hydrogen (secondary N) is 2. The smallest absolute Gasteiger partial charge is 0.261 e. The molecule has 1 heterocycles. The number of halogens is 1. The van der Waals surface area contributed by atoms with Crippen LogP contribution < -0.4 is 10.6 Å². The molecule has 8 heteroatoms. The standard InChI is InChI=1S/C22H15ClN2O4S/c23-15-5-7-16(8-6-15)25-22(28)19(21(27)24-13-30)11-17-9-10-20(29-17)18-4-2-1-3-14(18)12-26/h1-13H,(H,25,28)(H,24,27,30)/b19-11-. The summed E-state index contributed by atoms with van der Waals surface area (Å²) in [6.07, 6.45) is 2.03. The van der Waals surface area contributed by atoms with Gasteiger partial charge in [-0.25, -0.2) is 0 Å². The van der Waals surface area contributed by atoms with Crippen molar-refractivity contribution in [3.63, 3.8) is 0 Å². The summed E-state index contributed by atoms with van der Waals surface area (Å²) in [7, 11) is 0. The quantitative estimate of drug-likeness (QED) is 0.186. The molecule has 2 amide bonds. The van der Waals surface area contributed by atoms with Crippen LogP contribution in [0.3, 0.4) is 0 Å². The van der Waals surface area contributed by atoms with Crippen LogP contribution in [0.15, 0.2) is 70.7 Å². The molecular formula is C22H15ClN2O4S. The third-order valence-corrected chi connectivity index (χ3v) is 4.42. The van der Waals surface area contributed by atoms with E-state index in [0.29, 0.717) is 27.6 Å². The summed E-state index contributed by atoms with van der Waals surface area (Å²) in [6.45, 7) is 0. The second-order valence-electron chi connectivity index (χ2n) is 6.02. The highest BCUT2D eigenvalue weighted by molar-refractivity contribution is 7.78. The van der Waals surface area contributed by atoms with Gasteiger partial charge in [-0.1, -0.05) is 48.1 Å². The third kappa shape index (κ3) is 5.08. The van der Waals surface area contributed by atoms with E-state index in [1.165, 1.54) is 6.08 Å². The number of thiocarbonyl (C=S) groups is 1. The molecule has 6 nitrogen and oxygen atoms in total. The number of hydrogen-bond acceptors (Lipinski definition) is 5. The molecule has 2 N–H and O–H groups in total. The fourth-order valence-corrected chi connectivity index (χ4v) is 2.87. The minimum absolute atomic E-state index is 0.212. The highest BCUT2D eigenvalue weighted by atomic mass is 35.5. The Labute approximate surface area is 182 Å². The minimum atomic E-state index is -0.692. The van der Waals surface area contributed by atoms with Gasteiger partial charge in [-0.15, -0.1) is 0 Å². The van der Waals surface area contributed by atoms with Crippen molar-refractivity contribution in [2.24, 2.45) is 0 Å². The normalized spacial score (nSPS) is 10.9. The lowest BCUT2D eigenvalue weighted by molar-refractivity contribution is -0.120. The summed E-state index contributed by atoms with van der Waals surface area (Å²) in [4.78, 5) is 36.3. The van der Waals surface area contributed by atoms with Crippen molar-refractivity contribution in [3.05, 3.63) is 82.6 Å². The van der Waals surface area contributed by atoms with Crippen LogP contribution in [0.5, 0.6) is 0 Å². The van der Waals surface area contributed by atoms with Gasteiger partial charge in [0.2, 0.25) is 0 Å². The molecular weight excluding hydrogens is 424 g/mol. The first-order valence-corrected chi connectivity index (χ1v) is 9.54. The number of aldehydes is 1. The van der Waals surface area contributed by atoms with Gasteiger partial charge in [0.1, 0.15) is 17.1 Å². The highest BCUT2D eigenvalue weighted by Crippen LogP contribution is 2.26. The van der Waals surface area contributed by atoms with Crippen molar-refractivity contribution >= 4 is 59.2 Å². The molecule has 1 aromatic heterocycles. The number of carbonyl (C=O) groups excluding carboxylic acids is 3. The van der Waals surface area contributed by atoms with Crippen LogP contribution in [-0.2, 0) is 9.59 Å². The predicted molar refractivity (Wildman–Crippen MR) is 119 cm³/mol. The van der Waals surface area contributed by atoms with E-state index in [-0.39, 0.29) is 11.3 Å². The van der Waals surface area contributed by atoms with Crippen molar-refractivity contribution in [2.75, 3.05) is 5.32 Å². The molecule has 0 saturated carbocycles. The molecule has 3 aromatic rings. The number of anilines is 1. The van der Waals surface area contributed by atoms with E-state index >= 15 is 0 Å². The molecule has 150 valence electrons. The molecule has 0 atom stereocenters. The summed E-state index contributed by atoms with van der Waals surface area (Å²) >= 11 is 10.5. The van der Waals surface area contributed by atoms with E-state index in [1.54, 1.807) is 60.7 Å². The van der Waals surface area contributed by atoms with Gasteiger partial charge < -0.3 is 15.1 Å². The monoisotopic (exact) mass is 438 g/mol. The van der Waals surface area contributed by atoms with Gasteiger partial charge in [-0.05, 0) is 42.5 Å². The summed E-state index contributed by atoms with van der Waals surface area (Å²) < 4.78 is 5.74. The topological polar surface area (TPSA) is 88.4 Å². The Hall–Kier alpha value is -3.55. The van der Waals surface area contributed by atoms with Crippen molar-refractivity contribution in [1.82, 2.24) is 5.32 Å². The summed E-state index contributed by atoms with van der Waals surface area (Å²) in [5.74, 6) is -0.663. The first-order valence-electron chi connectivity index (χ1n) is 8.69. The Morgan fingerprint density at radius 2 is 1.70 bits per heavy atom. The Balaban J connectivity index is 1.92. The summed E-state index contributed by atoms with van der Waals surface area (Å²) in [5, 5.41) is 5.45. The van der Waals surface area contributed by atoms with Crippen LogP contribution in [-0.4, -0.2) is 23.6 Å². The van der Waals surface area contributed by atoms with Crippen molar-refractivity contribution in [2.45, 2.75) is 0 Å². The van der Waals surface area contributed by atoms with E-state index in [9.17, 15) is 14.4 Å². The number of rotatable bonds is 7. The van der Waals surface area contributed by atoms with Gasteiger partial charge in [-0.3, -0.25) is 14.4 Å². The number of carbonyl (C=O) groups is 3. The summed E-state index contributed by atoms with van der Waals surface area (Å²) in [6, 6.07) is 16.6. The first-order chi connectivity index (χ1) is 14.5. The molecule has 0 radical (unpaired) electrons. The van der Waals surface area contributed by atoms with Gasteiger partial charge >= 0.3 is 0 Å². The first kappa shape index (κ1) is 21.2. The second-order valence-corrected chi connectivity index (χ2v) is 6.69. The zero-order valence-electron chi connectivity index (χ0n) is 15.4. The Morgan fingerprint density at radius 1 is 0.967 bits per heavy atom. The molecule has 0 aliphatic rings. The maximum Gasteiger partial charge on any atom is 0.261 e. The van der Waals surface area contributed by atoms with E-state index < -0.39 is 11.8 Å². The van der Waals surface area contributed by atoms with Crippen LogP contribution in [0.2, 0.25) is 5.02 Å². The molecule has 30 heavy (non-hydrogen) atoms. The fraction of sp³-hybridized carbons (Fsp3) is 0. The van der Waals surface area contributed by atoms with E-state index in [0.717, 1.165) is 11.8 Å². The minimum Gasteiger partial charge on any atom is -0.457 e. The van der Waals surface area contributed by atoms with Crippen LogP contribution in [0.1, 0.15) is 16.1 Å². The van der Waals surface area contributed by atoms with Gasteiger partial charge in [0.15, 0.2) is 6.29 Å². The average molecular weight is 439 g/mol. The maximum absolute atomic E-state index is 12.7. The third-order valence-electron chi connectivity index (χ3n) is 4.05. The molecule has 0 aliphatic heterocycles. The SMILES string of the molecule is O=Cc1ccccc1-c1ccc(/C=C(/C(=O)NC=S)C(=O)Nc2ccc(Cl)cc2)o1. The lowest BCUT2D eigenvalue weighted by atomic mass is 10.1. The van der Waals surface area contributed by atoms with Crippen molar-refractivity contribution in [1.29, 1.82) is 0 Å². The van der Waals surface area contributed by atoms with Crippen molar-refractivity contribution < 1.29 is 18.8 Å². The molecule has 0 saturated heterocycles. The largest absolute Gasteiger partial charge is 0.457 e. The average Bonchev–Trinajstić information content (AvgIpc) is 3.22. The van der Waals surface area contributed by atoms with Crippen LogP contribution >= 0.6 is 23.8 Å². The molecule has 0 aliphatic carbocycles. The zero-order chi connectivity index (χ0) is 21.5. The Morgan fingerprint density at radius 3 is 2.40 bits per heavy atom. The lowest BCUT2D eigenvalue weighted by Crippen LogP contribution is -2.29.